The second-order valence-electron chi connectivity index (χ2n) is 7.80. The van der Waals surface area contributed by atoms with E-state index in [4.69, 9.17) is 9.47 Å². The van der Waals surface area contributed by atoms with Gasteiger partial charge in [-0.3, -0.25) is 9.59 Å². The van der Waals surface area contributed by atoms with Crippen molar-refractivity contribution < 1.29 is 33.0 Å². The molecule has 3 aromatic rings. The summed E-state index contributed by atoms with van der Waals surface area (Å²) in [6, 6.07) is 16.5. The predicted molar refractivity (Wildman–Crippen MR) is 151 cm³/mol. The SMILES string of the molecule is CCOc1cc(/C=C(/C#N)C(=O)Nc2ccc(C(=O)OC)cc2)cc(I)c1OCC(=O)Nc1ccc(F)cc1. The van der Waals surface area contributed by atoms with E-state index in [-0.39, 0.29) is 12.2 Å². The molecule has 0 saturated heterocycles. The van der Waals surface area contributed by atoms with Gasteiger partial charge in [-0.05, 0) is 102 Å². The van der Waals surface area contributed by atoms with Crippen molar-refractivity contribution in [3.63, 3.8) is 0 Å². The number of ether oxygens (including phenoxy) is 3. The van der Waals surface area contributed by atoms with E-state index >= 15 is 0 Å². The number of amides is 2. The van der Waals surface area contributed by atoms with Crippen LogP contribution in [0, 0.1) is 20.7 Å². The lowest BCUT2D eigenvalue weighted by Gasteiger charge is -2.15. The number of rotatable bonds is 10. The summed E-state index contributed by atoms with van der Waals surface area (Å²) in [6.07, 6.45) is 1.40. The van der Waals surface area contributed by atoms with Gasteiger partial charge in [-0.25, -0.2) is 9.18 Å². The molecule has 0 spiro atoms. The summed E-state index contributed by atoms with van der Waals surface area (Å²) in [6.45, 7) is 1.75. The van der Waals surface area contributed by atoms with Crippen LogP contribution in [-0.4, -0.2) is 38.1 Å². The lowest BCUT2D eigenvalue weighted by atomic mass is 10.1. The summed E-state index contributed by atoms with van der Waals surface area (Å²) in [5.41, 5.74) is 1.46. The highest BCUT2D eigenvalue weighted by atomic mass is 127. The number of anilines is 2. The maximum absolute atomic E-state index is 13.1. The van der Waals surface area contributed by atoms with Crippen LogP contribution < -0.4 is 20.1 Å². The van der Waals surface area contributed by atoms with E-state index in [9.17, 15) is 24.0 Å². The Bertz CT molecular complexity index is 1430. The first-order valence-corrected chi connectivity index (χ1v) is 12.6. The first-order chi connectivity index (χ1) is 18.7. The number of esters is 1. The number of hydrogen-bond acceptors (Lipinski definition) is 7. The minimum Gasteiger partial charge on any atom is -0.490 e. The Morgan fingerprint density at radius 2 is 1.64 bits per heavy atom. The lowest BCUT2D eigenvalue weighted by molar-refractivity contribution is -0.118. The fourth-order valence-electron chi connectivity index (χ4n) is 3.26. The highest BCUT2D eigenvalue weighted by Gasteiger charge is 2.16. The summed E-state index contributed by atoms with van der Waals surface area (Å²) >= 11 is 2.00. The minimum atomic E-state index is -0.644. The van der Waals surface area contributed by atoms with Gasteiger partial charge in [-0.2, -0.15) is 5.26 Å². The van der Waals surface area contributed by atoms with Crippen LogP contribution in [0.2, 0.25) is 0 Å². The van der Waals surface area contributed by atoms with Crippen molar-refractivity contribution >= 4 is 57.8 Å². The number of nitriles is 1. The van der Waals surface area contributed by atoms with E-state index in [1.54, 1.807) is 19.1 Å². The third kappa shape index (κ3) is 8.27. The second-order valence-corrected chi connectivity index (χ2v) is 8.96. The number of methoxy groups -OCH3 is 1. The Labute approximate surface area is 237 Å². The van der Waals surface area contributed by atoms with Gasteiger partial charge in [0.25, 0.3) is 11.8 Å². The van der Waals surface area contributed by atoms with Gasteiger partial charge in [0.1, 0.15) is 17.5 Å². The molecule has 3 rings (SSSR count). The summed E-state index contributed by atoms with van der Waals surface area (Å²) in [4.78, 5) is 36.6. The maximum atomic E-state index is 13.1. The molecule has 0 unspecified atom stereocenters. The van der Waals surface area contributed by atoms with Gasteiger partial charge >= 0.3 is 5.97 Å². The first-order valence-electron chi connectivity index (χ1n) is 11.5. The molecule has 2 amide bonds. The topological polar surface area (TPSA) is 127 Å². The van der Waals surface area contributed by atoms with Crippen molar-refractivity contribution in [3.05, 3.63) is 86.8 Å². The highest BCUT2D eigenvalue weighted by molar-refractivity contribution is 14.1. The average molecular weight is 643 g/mol. The van der Waals surface area contributed by atoms with Crippen LogP contribution >= 0.6 is 22.6 Å². The summed E-state index contributed by atoms with van der Waals surface area (Å²) < 4.78 is 29.7. The normalized spacial score (nSPS) is 10.7. The Kier molecular flexibility index (Phi) is 10.4. The van der Waals surface area contributed by atoms with E-state index < -0.39 is 23.6 Å². The van der Waals surface area contributed by atoms with E-state index in [1.807, 2.05) is 28.7 Å². The van der Waals surface area contributed by atoms with Crippen molar-refractivity contribution in [2.45, 2.75) is 6.92 Å². The zero-order chi connectivity index (χ0) is 28.4. The zero-order valence-corrected chi connectivity index (χ0v) is 23.1. The maximum Gasteiger partial charge on any atom is 0.337 e. The molecule has 0 saturated carbocycles. The molecule has 2 N–H and O–H groups in total. The van der Waals surface area contributed by atoms with Gasteiger partial charge in [0.2, 0.25) is 0 Å². The number of nitrogens with one attached hydrogen (secondary N) is 2. The van der Waals surface area contributed by atoms with Crippen molar-refractivity contribution in [3.8, 4) is 17.6 Å². The molecule has 0 atom stereocenters. The molecule has 0 aliphatic heterocycles. The summed E-state index contributed by atoms with van der Waals surface area (Å²) in [7, 11) is 1.27. The predicted octanol–water partition coefficient (Wildman–Crippen LogP) is 5.18. The molecule has 0 aliphatic rings. The van der Waals surface area contributed by atoms with Crippen LogP contribution in [0.4, 0.5) is 15.8 Å². The van der Waals surface area contributed by atoms with E-state index in [2.05, 4.69) is 15.4 Å². The smallest absolute Gasteiger partial charge is 0.337 e. The lowest BCUT2D eigenvalue weighted by Crippen LogP contribution is -2.20. The standard InChI is InChI=1S/C28H23FIN3O6/c1-3-38-24-14-17(12-19(15-31)27(35)33-22-8-4-18(5-9-22)28(36)37-2)13-23(30)26(24)39-16-25(34)32-21-10-6-20(29)7-11-21/h4-14H,3,16H2,1-2H3,(H,32,34)(H,33,35)/b19-12-. The number of carbonyl (C=O) groups is 3. The fourth-order valence-corrected chi connectivity index (χ4v) is 4.04. The largest absolute Gasteiger partial charge is 0.490 e. The van der Waals surface area contributed by atoms with Crippen molar-refractivity contribution in [2.24, 2.45) is 0 Å². The molecule has 3 aromatic carbocycles. The Balaban J connectivity index is 1.74. The Morgan fingerprint density at radius 1 is 1.00 bits per heavy atom. The molecule has 0 bridgehead atoms. The molecule has 39 heavy (non-hydrogen) atoms. The van der Waals surface area contributed by atoms with Crippen molar-refractivity contribution in [1.82, 2.24) is 0 Å². The van der Waals surface area contributed by atoms with Gasteiger partial charge in [-0.1, -0.05) is 0 Å². The minimum absolute atomic E-state index is 0.169. The van der Waals surface area contributed by atoms with Gasteiger partial charge in [0.15, 0.2) is 18.1 Å². The van der Waals surface area contributed by atoms with Crippen LogP contribution in [0.5, 0.6) is 11.5 Å². The molecule has 200 valence electrons. The van der Waals surface area contributed by atoms with Gasteiger partial charge in [0, 0.05) is 11.4 Å². The number of nitrogens with zero attached hydrogens (tertiary/aromatic N) is 1. The van der Waals surface area contributed by atoms with E-state index in [0.717, 1.165) is 0 Å². The summed E-state index contributed by atoms with van der Waals surface area (Å²) in [5, 5.41) is 14.8. The van der Waals surface area contributed by atoms with Crippen LogP contribution in [0.3, 0.4) is 0 Å². The highest BCUT2D eigenvalue weighted by Crippen LogP contribution is 2.35. The van der Waals surface area contributed by atoms with E-state index in [0.29, 0.717) is 44.2 Å². The fraction of sp³-hybridized carbons (Fsp3) is 0.143. The molecule has 11 heteroatoms. The van der Waals surface area contributed by atoms with Crippen LogP contribution in [0.1, 0.15) is 22.8 Å². The Morgan fingerprint density at radius 3 is 2.26 bits per heavy atom. The monoisotopic (exact) mass is 643 g/mol. The molecule has 0 aromatic heterocycles. The quantitative estimate of drug-likeness (QED) is 0.135. The molecule has 0 heterocycles. The molecule has 0 aliphatic carbocycles. The van der Waals surface area contributed by atoms with Crippen molar-refractivity contribution in [2.75, 3.05) is 31.0 Å². The number of halogens is 2. The van der Waals surface area contributed by atoms with Crippen LogP contribution in [0.25, 0.3) is 6.08 Å². The molecule has 9 nitrogen and oxygen atoms in total. The summed E-state index contributed by atoms with van der Waals surface area (Å²) in [5.74, 6) is -1.38. The average Bonchev–Trinajstić information content (AvgIpc) is 2.92. The van der Waals surface area contributed by atoms with Crippen LogP contribution in [-0.2, 0) is 14.3 Å². The van der Waals surface area contributed by atoms with Crippen molar-refractivity contribution in [1.29, 1.82) is 5.26 Å². The van der Waals surface area contributed by atoms with Gasteiger partial charge < -0.3 is 24.8 Å². The van der Waals surface area contributed by atoms with Crippen LogP contribution in [0.15, 0.2) is 66.2 Å². The molecular weight excluding hydrogens is 620 g/mol. The van der Waals surface area contributed by atoms with Gasteiger partial charge in [0.05, 0.1) is 22.9 Å². The van der Waals surface area contributed by atoms with E-state index in [1.165, 1.54) is 61.7 Å². The van der Waals surface area contributed by atoms with Gasteiger partial charge in [-0.15, -0.1) is 0 Å². The first kappa shape index (κ1) is 29.1. The third-order valence-corrected chi connectivity index (χ3v) is 5.85. The number of benzene rings is 3. The number of carbonyl (C=O) groups excluding carboxylic acids is 3. The number of hydrogen-bond donors (Lipinski definition) is 2. The zero-order valence-electron chi connectivity index (χ0n) is 20.9. The Hall–Kier alpha value is -4.44. The third-order valence-electron chi connectivity index (χ3n) is 5.05. The molecule has 0 fully saturated rings. The molecular formula is C28H23FIN3O6. The molecule has 0 radical (unpaired) electrons. The second kappa shape index (κ2) is 13.9.